The summed E-state index contributed by atoms with van der Waals surface area (Å²) >= 11 is 5.81. The first-order valence-corrected chi connectivity index (χ1v) is 8.20. The van der Waals surface area contributed by atoms with Gasteiger partial charge < -0.3 is 4.74 Å². The molecule has 2 aromatic carbocycles. The smallest absolute Gasteiger partial charge is 0.345 e. The zero-order valence-electron chi connectivity index (χ0n) is 13.6. The highest BCUT2D eigenvalue weighted by atomic mass is 35.5. The van der Waals surface area contributed by atoms with E-state index in [0.717, 1.165) is 5.56 Å². The van der Waals surface area contributed by atoms with Gasteiger partial charge in [-0.15, -0.1) is 0 Å². The van der Waals surface area contributed by atoms with Crippen LogP contribution in [0.15, 0.2) is 79.1 Å². The largest absolute Gasteiger partial charge is 0.423 e. The van der Waals surface area contributed by atoms with Crippen LogP contribution < -0.4 is 4.74 Å². The maximum absolute atomic E-state index is 12.1. The van der Waals surface area contributed by atoms with Crippen molar-refractivity contribution >= 4 is 29.4 Å². The fourth-order valence-corrected chi connectivity index (χ4v) is 2.30. The van der Waals surface area contributed by atoms with Crippen LogP contribution in [-0.2, 0) is 0 Å². The van der Waals surface area contributed by atoms with E-state index >= 15 is 0 Å². The van der Waals surface area contributed by atoms with Gasteiger partial charge in [0.05, 0.1) is 5.56 Å². The van der Waals surface area contributed by atoms with E-state index in [4.69, 9.17) is 16.3 Å². The summed E-state index contributed by atoms with van der Waals surface area (Å²) in [6.45, 7) is 0. The molecule has 0 fully saturated rings. The highest BCUT2D eigenvalue weighted by Gasteiger charge is 2.08. The summed E-state index contributed by atoms with van der Waals surface area (Å²) in [5.41, 5.74) is 1.76. The van der Waals surface area contributed by atoms with E-state index in [-0.39, 0.29) is 5.78 Å². The van der Waals surface area contributed by atoms with Crippen LogP contribution in [-0.4, -0.2) is 16.7 Å². The average Bonchev–Trinajstić information content (AvgIpc) is 2.68. The Hall–Kier alpha value is -3.24. The molecule has 0 radical (unpaired) electrons. The molecule has 0 aliphatic rings. The standard InChI is InChI=1S/C21H14ClNO3/c22-18-8-6-16(7-9-18)20(24)12-5-15-3-10-19(11-4-15)26-21(25)17-2-1-13-23-14-17/h1-14H. The number of hydrogen-bond acceptors (Lipinski definition) is 4. The number of aromatic nitrogens is 1. The molecule has 0 bridgehead atoms. The van der Waals surface area contributed by atoms with Gasteiger partial charge >= 0.3 is 5.97 Å². The average molecular weight is 364 g/mol. The Morgan fingerprint density at radius 3 is 2.31 bits per heavy atom. The summed E-state index contributed by atoms with van der Waals surface area (Å²) in [4.78, 5) is 27.9. The van der Waals surface area contributed by atoms with E-state index in [1.807, 2.05) is 0 Å². The second-order valence-electron chi connectivity index (χ2n) is 5.40. The van der Waals surface area contributed by atoms with Gasteiger partial charge in [0.1, 0.15) is 5.75 Å². The number of pyridine rings is 1. The molecule has 0 atom stereocenters. The zero-order valence-corrected chi connectivity index (χ0v) is 14.4. The minimum atomic E-state index is -0.473. The molecular weight excluding hydrogens is 350 g/mol. The lowest BCUT2D eigenvalue weighted by atomic mass is 10.1. The molecule has 5 heteroatoms. The number of hydrogen-bond donors (Lipinski definition) is 0. The number of nitrogens with zero attached hydrogens (tertiary/aromatic N) is 1. The van der Waals surface area contributed by atoms with Gasteiger partial charge in [-0.1, -0.05) is 29.8 Å². The van der Waals surface area contributed by atoms with Gasteiger partial charge in [0.2, 0.25) is 0 Å². The van der Waals surface area contributed by atoms with Crippen LogP contribution in [0.25, 0.3) is 6.08 Å². The number of rotatable bonds is 5. The van der Waals surface area contributed by atoms with Gasteiger partial charge in [0.15, 0.2) is 5.78 Å². The molecule has 0 amide bonds. The van der Waals surface area contributed by atoms with Crippen LogP contribution in [0, 0.1) is 0 Å². The van der Waals surface area contributed by atoms with Crippen molar-refractivity contribution in [1.82, 2.24) is 4.98 Å². The third-order valence-corrected chi connectivity index (χ3v) is 3.80. The van der Waals surface area contributed by atoms with Crippen molar-refractivity contribution in [3.8, 4) is 5.75 Å². The minimum Gasteiger partial charge on any atom is -0.423 e. The fourth-order valence-electron chi connectivity index (χ4n) is 2.18. The minimum absolute atomic E-state index is 0.117. The lowest BCUT2D eigenvalue weighted by Gasteiger charge is -2.04. The number of benzene rings is 2. The molecule has 3 rings (SSSR count). The third-order valence-electron chi connectivity index (χ3n) is 3.54. The van der Waals surface area contributed by atoms with Crippen LogP contribution in [0.2, 0.25) is 5.02 Å². The Morgan fingerprint density at radius 2 is 1.65 bits per heavy atom. The van der Waals surface area contributed by atoms with Crippen LogP contribution in [0.5, 0.6) is 5.75 Å². The summed E-state index contributed by atoms with van der Waals surface area (Å²) in [6, 6.07) is 16.9. The van der Waals surface area contributed by atoms with Crippen LogP contribution in [0.1, 0.15) is 26.3 Å². The topological polar surface area (TPSA) is 56.3 Å². The van der Waals surface area contributed by atoms with Gasteiger partial charge in [-0.2, -0.15) is 0 Å². The first-order chi connectivity index (χ1) is 12.6. The molecule has 0 saturated heterocycles. The number of carbonyl (C=O) groups is 2. The summed E-state index contributed by atoms with van der Waals surface area (Å²) in [7, 11) is 0. The fraction of sp³-hybridized carbons (Fsp3) is 0. The molecule has 0 saturated carbocycles. The van der Waals surface area contributed by atoms with Crippen LogP contribution in [0.3, 0.4) is 0 Å². The number of halogens is 1. The summed E-state index contributed by atoms with van der Waals surface area (Å²) in [5.74, 6) is -0.173. The molecular formula is C21H14ClNO3. The number of allylic oxidation sites excluding steroid dienone is 1. The Balaban J connectivity index is 1.63. The molecule has 1 aromatic heterocycles. The van der Waals surface area contributed by atoms with Crippen molar-refractivity contribution in [2.45, 2.75) is 0 Å². The normalized spacial score (nSPS) is 10.7. The van der Waals surface area contributed by atoms with E-state index in [2.05, 4.69) is 4.98 Å². The highest BCUT2D eigenvalue weighted by Crippen LogP contribution is 2.16. The predicted molar refractivity (Wildman–Crippen MR) is 100 cm³/mol. The van der Waals surface area contributed by atoms with Gasteiger partial charge in [0.25, 0.3) is 0 Å². The zero-order chi connectivity index (χ0) is 18.4. The van der Waals surface area contributed by atoms with Crippen molar-refractivity contribution in [1.29, 1.82) is 0 Å². The van der Waals surface area contributed by atoms with Gasteiger partial charge in [0, 0.05) is 23.0 Å². The molecule has 0 spiro atoms. The second-order valence-corrected chi connectivity index (χ2v) is 5.84. The van der Waals surface area contributed by atoms with Gasteiger partial charge in [-0.05, 0) is 60.2 Å². The maximum Gasteiger partial charge on any atom is 0.345 e. The lowest BCUT2D eigenvalue weighted by molar-refractivity contribution is 0.0734. The van der Waals surface area contributed by atoms with Crippen molar-refractivity contribution in [3.05, 3.63) is 101 Å². The van der Waals surface area contributed by atoms with Crippen molar-refractivity contribution in [2.24, 2.45) is 0 Å². The quantitative estimate of drug-likeness (QED) is 0.281. The Bertz CT molecular complexity index is 933. The summed E-state index contributed by atoms with van der Waals surface area (Å²) in [6.07, 6.45) is 6.22. The number of ketones is 1. The molecule has 26 heavy (non-hydrogen) atoms. The summed E-state index contributed by atoms with van der Waals surface area (Å²) < 4.78 is 5.28. The molecule has 3 aromatic rings. The first kappa shape index (κ1) is 17.6. The molecule has 128 valence electrons. The molecule has 0 N–H and O–H groups in total. The van der Waals surface area contributed by atoms with E-state index in [9.17, 15) is 9.59 Å². The van der Waals surface area contributed by atoms with Gasteiger partial charge in [-0.3, -0.25) is 9.78 Å². The van der Waals surface area contributed by atoms with Crippen molar-refractivity contribution < 1.29 is 14.3 Å². The Morgan fingerprint density at radius 1 is 0.923 bits per heavy atom. The van der Waals surface area contributed by atoms with Crippen LogP contribution in [0.4, 0.5) is 0 Å². The molecule has 0 aliphatic heterocycles. The van der Waals surface area contributed by atoms with Gasteiger partial charge in [-0.25, -0.2) is 4.79 Å². The number of carbonyl (C=O) groups excluding carboxylic acids is 2. The SMILES string of the molecule is O=C(C=Cc1ccc(OC(=O)c2cccnc2)cc1)c1ccc(Cl)cc1. The van der Waals surface area contributed by atoms with E-state index in [1.54, 1.807) is 72.9 Å². The Kier molecular flexibility index (Phi) is 5.56. The monoisotopic (exact) mass is 363 g/mol. The Labute approximate surface area is 155 Å². The van der Waals surface area contributed by atoms with Crippen molar-refractivity contribution in [2.75, 3.05) is 0 Å². The van der Waals surface area contributed by atoms with Crippen LogP contribution >= 0.6 is 11.6 Å². The van der Waals surface area contributed by atoms with E-state index in [1.165, 1.54) is 12.3 Å². The molecule has 0 aliphatic carbocycles. The first-order valence-electron chi connectivity index (χ1n) is 7.82. The predicted octanol–water partition coefficient (Wildman–Crippen LogP) is 4.85. The molecule has 1 heterocycles. The highest BCUT2D eigenvalue weighted by molar-refractivity contribution is 6.30. The number of ether oxygens (including phenoxy) is 1. The maximum atomic E-state index is 12.1. The second kappa shape index (κ2) is 8.23. The van der Waals surface area contributed by atoms with E-state index in [0.29, 0.717) is 21.9 Å². The van der Waals surface area contributed by atoms with E-state index < -0.39 is 5.97 Å². The van der Waals surface area contributed by atoms with Crippen molar-refractivity contribution in [3.63, 3.8) is 0 Å². The summed E-state index contributed by atoms with van der Waals surface area (Å²) in [5, 5.41) is 0.585. The number of esters is 1. The third kappa shape index (κ3) is 4.65. The molecule has 4 nitrogen and oxygen atoms in total. The lowest BCUT2D eigenvalue weighted by Crippen LogP contribution is -2.08. The molecule has 0 unspecified atom stereocenters.